The Hall–Kier alpha value is -1.15. The summed E-state index contributed by atoms with van der Waals surface area (Å²) in [5.74, 6) is 0.485. The van der Waals surface area contributed by atoms with Crippen LogP contribution < -0.4 is 4.72 Å². The molecule has 7 heteroatoms. The third kappa shape index (κ3) is 3.74. The van der Waals surface area contributed by atoms with Gasteiger partial charge in [0, 0.05) is 16.6 Å². The molecule has 2 aromatic rings. The minimum atomic E-state index is -3.70. The van der Waals surface area contributed by atoms with Gasteiger partial charge in [-0.05, 0) is 31.5 Å². The molecule has 0 aliphatic carbocycles. The van der Waals surface area contributed by atoms with E-state index in [1.165, 1.54) is 6.07 Å². The fourth-order valence-corrected chi connectivity index (χ4v) is 3.68. The van der Waals surface area contributed by atoms with Crippen molar-refractivity contribution in [3.8, 4) is 0 Å². The highest BCUT2D eigenvalue weighted by atomic mass is 79.9. The van der Waals surface area contributed by atoms with Gasteiger partial charge in [0.25, 0.3) is 0 Å². The second-order valence-electron chi connectivity index (χ2n) is 4.69. The number of hydrogen-bond donors (Lipinski definition) is 2. The summed E-state index contributed by atoms with van der Waals surface area (Å²) in [7, 11) is -3.70. The molecule has 1 atom stereocenters. The number of nitrogens with one attached hydrogen (secondary N) is 1. The number of hydrogen-bond acceptors (Lipinski definition) is 4. The summed E-state index contributed by atoms with van der Waals surface area (Å²) < 4.78 is 33.5. The molecule has 0 saturated carbocycles. The van der Waals surface area contributed by atoms with Crippen LogP contribution in [0.2, 0.25) is 0 Å². The lowest BCUT2D eigenvalue weighted by Gasteiger charge is -2.14. The molecule has 21 heavy (non-hydrogen) atoms. The number of furan rings is 1. The molecule has 1 unspecified atom stereocenters. The fraction of sp³-hybridized carbons (Fsp3) is 0.286. The molecule has 0 amide bonds. The molecule has 114 valence electrons. The van der Waals surface area contributed by atoms with Gasteiger partial charge in [0.15, 0.2) is 0 Å². The van der Waals surface area contributed by atoms with Crippen molar-refractivity contribution in [2.75, 3.05) is 0 Å². The zero-order valence-electron chi connectivity index (χ0n) is 11.6. The lowest BCUT2D eigenvalue weighted by atomic mass is 10.1. The van der Waals surface area contributed by atoms with Crippen LogP contribution in [0.25, 0.3) is 0 Å². The van der Waals surface area contributed by atoms with Crippen LogP contribution in [0.5, 0.6) is 0 Å². The summed E-state index contributed by atoms with van der Waals surface area (Å²) in [4.78, 5) is 0.0514. The summed E-state index contributed by atoms with van der Waals surface area (Å²) in [6, 6.07) is 8.36. The van der Waals surface area contributed by atoms with Crippen molar-refractivity contribution in [3.05, 3.63) is 51.9 Å². The summed E-state index contributed by atoms with van der Waals surface area (Å²) in [6.45, 7) is 2.99. The van der Waals surface area contributed by atoms with Crippen LogP contribution in [0.1, 0.15) is 30.0 Å². The Bertz CT molecular complexity index is 722. The maximum absolute atomic E-state index is 12.4. The van der Waals surface area contributed by atoms with Gasteiger partial charge in [-0.3, -0.25) is 0 Å². The molecule has 2 rings (SSSR count). The molecule has 0 fully saturated rings. The van der Waals surface area contributed by atoms with Crippen molar-refractivity contribution in [3.63, 3.8) is 0 Å². The molecule has 0 aliphatic rings. The van der Waals surface area contributed by atoms with E-state index >= 15 is 0 Å². The molecular weight excluding hydrogens is 358 g/mol. The summed E-state index contributed by atoms with van der Waals surface area (Å²) in [5, 5.41) is 9.01. The van der Waals surface area contributed by atoms with Gasteiger partial charge >= 0.3 is 0 Å². The van der Waals surface area contributed by atoms with E-state index < -0.39 is 10.0 Å². The molecule has 1 aromatic carbocycles. The lowest BCUT2D eigenvalue weighted by molar-refractivity contribution is 0.244. The Labute approximate surface area is 132 Å². The quantitative estimate of drug-likeness (QED) is 0.844. The van der Waals surface area contributed by atoms with Crippen molar-refractivity contribution in [1.29, 1.82) is 0 Å². The Morgan fingerprint density at radius 1 is 1.33 bits per heavy atom. The number of rotatable bonds is 5. The molecule has 5 nitrogen and oxygen atoms in total. The fourth-order valence-electron chi connectivity index (χ4n) is 1.98. The monoisotopic (exact) mass is 373 g/mol. The van der Waals surface area contributed by atoms with Crippen LogP contribution in [0, 0.1) is 6.92 Å². The first-order chi connectivity index (χ1) is 9.83. The first kappa shape index (κ1) is 16.2. The zero-order chi connectivity index (χ0) is 15.6. The van der Waals surface area contributed by atoms with E-state index in [0.29, 0.717) is 0 Å². The van der Waals surface area contributed by atoms with Crippen LogP contribution in [0.4, 0.5) is 0 Å². The third-order valence-corrected chi connectivity index (χ3v) is 5.25. The predicted molar refractivity (Wildman–Crippen MR) is 82.2 cm³/mol. The minimum Gasteiger partial charge on any atom is -0.462 e. The van der Waals surface area contributed by atoms with E-state index in [1.807, 2.05) is 24.3 Å². The first-order valence-electron chi connectivity index (χ1n) is 6.31. The van der Waals surface area contributed by atoms with Gasteiger partial charge in [-0.25, -0.2) is 13.1 Å². The molecule has 0 radical (unpaired) electrons. The van der Waals surface area contributed by atoms with E-state index in [0.717, 1.165) is 10.0 Å². The van der Waals surface area contributed by atoms with Crippen LogP contribution >= 0.6 is 15.9 Å². The van der Waals surface area contributed by atoms with Crippen LogP contribution in [0.15, 0.2) is 44.1 Å². The molecule has 0 aliphatic heterocycles. The van der Waals surface area contributed by atoms with Gasteiger partial charge in [0.05, 0.1) is 0 Å². The van der Waals surface area contributed by atoms with Gasteiger partial charge in [-0.15, -0.1) is 0 Å². The van der Waals surface area contributed by atoms with Gasteiger partial charge in [0.2, 0.25) is 10.0 Å². The molecule has 0 bridgehead atoms. The van der Waals surface area contributed by atoms with Gasteiger partial charge in [0.1, 0.15) is 23.0 Å². The molecule has 0 saturated heterocycles. The van der Waals surface area contributed by atoms with Crippen molar-refractivity contribution in [1.82, 2.24) is 4.72 Å². The Balaban J connectivity index is 2.24. The predicted octanol–water partition coefficient (Wildman–Crippen LogP) is 2.88. The highest BCUT2D eigenvalue weighted by Crippen LogP contribution is 2.23. The van der Waals surface area contributed by atoms with Crippen LogP contribution in [0.3, 0.4) is 0 Å². The van der Waals surface area contributed by atoms with Gasteiger partial charge in [-0.1, -0.05) is 28.1 Å². The smallest absolute Gasteiger partial charge is 0.244 e. The summed E-state index contributed by atoms with van der Waals surface area (Å²) in [5.41, 5.74) is 0.852. The highest BCUT2D eigenvalue weighted by Gasteiger charge is 2.23. The molecular formula is C14H16BrNO4S. The highest BCUT2D eigenvalue weighted by molar-refractivity contribution is 9.10. The topological polar surface area (TPSA) is 79.5 Å². The van der Waals surface area contributed by atoms with E-state index in [1.54, 1.807) is 13.8 Å². The van der Waals surface area contributed by atoms with Crippen molar-refractivity contribution in [2.45, 2.75) is 31.4 Å². The second kappa shape index (κ2) is 6.31. The number of aryl methyl sites for hydroxylation is 1. The van der Waals surface area contributed by atoms with Crippen molar-refractivity contribution in [2.24, 2.45) is 0 Å². The van der Waals surface area contributed by atoms with E-state index in [2.05, 4.69) is 20.7 Å². The largest absolute Gasteiger partial charge is 0.462 e. The number of aliphatic hydroxyl groups is 1. The van der Waals surface area contributed by atoms with Crippen molar-refractivity contribution < 1.29 is 17.9 Å². The van der Waals surface area contributed by atoms with E-state index in [-0.39, 0.29) is 29.1 Å². The SMILES string of the molecule is Cc1oc(CO)cc1S(=O)(=O)NC(C)c1ccc(Br)cc1. The normalized spacial score (nSPS) is 13.3. The maximum atomic E-state index is 12.4. The second-order valence-corrected chi connectivity index (χ2v) is 7.28. The summed E-state index contributed by atoms with van der Waals surface area (Å²) >= 11 is 3.34. The lowest BCUT2D eigenvalue weighted by Crippen LogP contribution is -2.27. The maximum Gasteiger partial charge on any atom is 0.244 e. The third-order valence-electron chi connectivity index (χ3n) is 3.07. The zero-order valence-corrected chi connectivity index (χ0v) is 14.0. The van der Waals surface area contributed by atoms with Crippen molar-refractivity contribution >= 4 is 26.0 Å². The van der Waals surface area contributed by atoms with E-state index in [4.69, 9.17) is 9.52 Å². The number of halogens is 1. The molecule has 0 spiro atoms. The summed E-state index contributed by atoms with van der Waals surface area (Å²) in [6.07, 6.45) is 0. The number of aliphatic hydroxyl groups excluding tert-OH is 1. The van der Waals surface area contributed by atoms with Gasteiger partial charge < -0.3 is 9.52 Å². The molecule has 1 heterocycles. The first-order valence-corrected chi connectivity index (χ1v) is 8.59. The Morgan fingerprint density at radius 2 is 1.95 bits per heavy atom. The average Bonchev–Trinajstić information content (AvgIpc) is 2.81. The van der Waals surface area contributed by atoms with Crippen LogP contribution in [-0.4, -0.2) is 13.5 Å². The minimum absolute atomic E-state index is 0.0514. The van der Waals surface area contributed by atoms with Crippen LogP contribution in [-0.2, 0) is 16.6 Å². The van der Waals surface area contributed by atoms with Gasteiger partial charge in [-0.2, -0.15) is 0 Å². The number of benzene rings is 1. The number of sulfonamides is 1. The standard InChI is InChI=1S/C14H16BrNO4S/c1-9(11-3-5-12(15)6-4-11)16-21(18,19)14-7-13(8-17)20-10(14)2/h3-7,9,16-17H,8H2,1-2H3. The Kier molecular flexibility index (Phi) is 4.88. The Morgan fingerprint density at radius 3 is 2.48 bits per heavy atom. The average molecular weight is 374 g/mol. The molecule has 1 aromatic heterocycles. The molecule has 2 N–H and O–H groups in total. The van der Waals surface area contributed by atoms with E-state index in [9.17, 15) is 8.42 Å².